The molecular formula is C29H26ClF3N4O2S. The number of carbonyl (C=O) groups is 1. The molecule has 40 heavy (non-hydrogen) atoms. The predicted molar refractivity (Wildman–Crippen MR) is 150 cm³/mol. The molecule has 208 valence electrons. The first-order valence-electron chi connectivity index (χ1n) is 12.3. The summed E-state index contributed by atoms with van der Waals surface area (Å²) in [5.41, 5.74) is 0.752. The highest BCUT2D eigenvalue weighted by Gasteiger charge is 2.32. The molecule has 0 fully saturated rings. The third-order valence-corrected chi connectivity index (χ3v) is 7.48. The van der Waals surface area contributed by atoms with Crippen LogP contribution < -0.4 is 10.1 Å². The second-order valence-corrected chi connectivity index (χ2v) is 10.2. The van der Waals surface area contributed by atoms with Crippen molar-refractivity contribution in [2.24, 2.45) is 0 Å². The van der Waals surface area contributed by atoms with Gasteiger partial charge < -0.3 is 10.1 Å². The minimum absolute atomic E-state index is 0.0145. The Hall–Kier alpha value is -3.76. The van der Waals surface area contributed by atoms with Crippen molar-refractivity contribution >= 4 is 35.0 Å². The van der Waals surface area contributed by atoms with Crippen LogP contribution in [0, 0.1) is 0 Å². The zero-order valence-electron chi connectivity index (χ0n) is 21.5. The molecule has 0 saturated carbocycles. The quantitative estimate of drug-likeness (QED) is 0.144. The van der Waals surface area contributed by atoms with E-state index in [2.05, 4.69) is 29.0 Å². The molecule has 0 aliphatic heterocycles. The van der Waals surface area contributed by atoms with Crippen LogP contribution in [0.3, 0.4) is 0 Å². The first kappa shape index (κ1) is 29.2. The lowest BCUT2D eigenvalue weighted by Crippen LogP contribution is -2.20. The lowest BCUT2D eigenvalue weighted by molar-refractivity contribution is -0.137. The molecule has 3 aromatic carbocycles. The number of ether oxygens (including phenoxy) is 1. The first-order chi connectivity index (χ1) is 19.2. The Kier molecular flexibility index (Phi) is 9.54. The van der Waals surface area contributed by atoms with Crippen LogP contribution in [0.5, 0.6) is 5.75 Å². The van der Waals surface area contributed by atoms with E-state index in [1.807, 2.05) is 24.3 Å². The number of carbonyl (C=O) groups excluding carboxylic acids is 1. The highest BCUT2D eigenvalue weighted by Crippen LogP contribution is 2.38. The molecule has 1 aromatic heterocycles. The summed E-state index contributed by atoms with van der Waals surface area (Å²) < 4.78 is 47.5. The fourth-order valence-corrected chi connectivity index (χ4v) is 5.03. The van der Waals surface area contributed by atoms with E-state index in [4.69, 9.17) is 16.3 Å². The number of aromatic nitrogens is 3. The van der Waals surface area contributed by atoms with Crippen LogP contribution in [-0.2, 0) is 30.5 Å². The number of nitrogens with zero attached hydrogens (tertiary/aromatic N) is 3. The largest absolute Gasteiger partial charge is 0.486 e. The summed E-state index contributed by atoms with van der Waals surface area (Å²) in [7, 11) is 0. The maximum atomic E-state index is 13.5. The highest BCUT2D eigenvalue weighted by molar-refractivity contribution is 8.00. The summed E-state index contributed by atoms with van der Waals surface area (Å²) in [5.74, 6) is 0.633. The Morgan fingerprint density at radius 3 is 2.50 bits per heavy atom. The lowest BCUT2D eigenvalue weighted by Gasteiger charge is -2.18. The van der Waals surface area contributed by atoms with Gasteiger partial charge in [0.05, 0.1) is 16.3 Å². The number of halogens is 4. The summed E-state index contributed by atoms with van der Waals surface area (Å²) in [4.78, 5) is 13.5. The predicted octanol–water partition coefficient (Wildman–Crippen LogP) is 7.75. The second-order valence-electron chi connectivity index (χ2n) is 8.67. The van der Waals surface area contributed by atoms with E-state index in [0.717, 1.165) is 36.4 Å². The van der Waals surface area contributed by atoms with Crippen molar-refractivity contribution in [2.45, 2.75) is 43.1 Å². The minimum atomic E-state index is -4.59. The van der Waals surface area contributed by atoms with Crippen LogP contribution in [0.4, 0.5) is 18.9 Å². The number of alkyl halides is 3. The number of aryl methyl sites for hydroxylation is 1. The molecule has 1 atom stereocenters. The van der Waals surface area contributed by atoms with E-state index in [1.54, 1.807) is 41.0 Å². The van der Waals surface area contributed by atoms with Gasteiger partial charge in [-0.25, -0.2) is 0 Å². The monoisotopic (exact) mass is 586 g/mol. The van der Waals surface area contributed by atoms with Gasteiger partial charge in [0, 0.05) is 6.54 Å². The van der Waals surface area contributed by atoms with Gasteiger partial charge in [-0.3, -0.25) is 9.36 Å². The van der Waals surface area contributed by atoms with Crippen molar-refractivity contribution in [1.82, 2.24) is 14.8 Å². The number of thioether (sulfide) groups is 1. The topological polar surface area (TPSA) is 69.0 Å². The van der Waals surface area contributed by atoms with Crippen molar-refractivity contribution in [1.29, 1.82) is 0 Å². The van der Waals surface area contributed by atoms with Crippen LogP contribution in [-0.4, -0.2) is 20.7 Å². The zero-order chi connectivity index (χ0) is 28.7. The Labute approximate surface area is 239 Å². The number of anilines is 1. The summed E-state index contributed by atoms with van der Waals surface area (Å²) in [6.45, 7) is 6.37. The zero-order valence-corrected chi connectivity index (χ0v) is 23.1. The van der Waals surface area contributed by atoms with Gasteiger partial charge >= 0.3 is 6.18 Å². The molecule has 0 spiro atoms. The lowest BCUT2D eigenvalue weighted by atomic mass is 10.1. The molecule has 0 saturated heterocycles. The fraction of sp³-hybridized carbons (Fsp3) is 0.207. The molecule has 6 nitrogen and oxygen atoms in total. The molecular weight excluding hydrogens is 561 g/mol. The van der Waals surface area contributed by atoms with Crippen molar-refractivity contribution in [3.05, 3.63) is 113 Å². The van der Waals surface area contributed by atoms with Crippen LogP contribution in [0.1, 0.15) is 34.7 Å². The van der Waals surface area contributed by atoms with Gasteiger partial charge in [0.25, 0.3) is 0 Å². The Morgan fingerprint density at radius 2 is 1.85 bits per heavy atom. The Bertz CT molecular complexity index is 1460. The summed E-state index contributed by atoms with van der Waals surface area (Å²) in [6.07, 6.45) is -1.99. The van der Waals surface area contributed by atoms with Crippen LogP contribution in [0.2, 0.25) is 5.02 Å². The van der Waals surface area contributed by atoms with Crippen LogP contribution in [0.25, 0.3) is 0 Å². The van der Waals surface area contributed by atoms with E-state index < -0.39 is 22.9 Å². The molecule has 1 heterocycles. The first-order valence-corrected chi connectivity index (χ1v) is 13.6. The number of amides is 1. The molecule has 4 rings (SSSR count). The molecule has 0 aliphatic carbocycles. The molecule has 0 unspecified atom stereocenters. The number of benzene rings is 3. The van der Waals surface area contributed by atoms with Gasteiger partial charge in [0.1, 0.15) is 17.6 Å². The Balaban J connectivity index is 1.59. The maximum Gasteiger partial charge on any atom is 0.416 e. The third kappa shape index (κ3) is 7.25. The average Bonchev–Trinajstić information content (AvgIpc) is 3.32. The van der Waals surface area contributed by atoms with Crippen molar-refractivity contribution < 1.29 is 22.7 Å². The van der Waals surface area contributed by atoms with Gasteiger partial charge in [-0.2, -0.15) is 13.2 Å². The molecule has 1 amide bonds. The van der Waals surface area contributed by atoms with Crippen molar-refractivity contribution in [3.8, 4) is 5.75 Å². The van der Waals surface area contributed by atoms with Gasteiger partial charge in [0.2, 0.25) is 5.91 Å². The van der Waals surface area contributed by atoms with E-state index >= 15 is 0 Å². The van der Waals surface area contributed by atoms with Gasteiger partial charge in [-0.05, 0) is 47.9 Å². The standard InChI is InChI=1S/C29H26ClF3N4O2S/c1-3-16-37-25(18-39-22-13-10-19(4-2)11-14-22)35-36-28(37)40-26(20-8-6-5-7-9-20)27(38)34-24-17-21(29(31,32)33)12-15-23(24)30/h3,5-15,17,26H,1,4,16,18H2,2H3,(H,34,38)/t26-/m0/s1. The van der Waals surface area contributed by atoms with Gasteiger partial charge in [0.15, 0.2) is 11.0 Å². The summed E-state index contributed by atoms with van der Waals surface area (Å²) >= 11 is 7.24. The smallest absolute Gasteiger partial charge is 0.416 e. The van der Waals surface area contributed by atoms with Crippen LogP contribution in [0.15, 0.2) is 90.6 Å². The second kappa shape index (κ2) is 13.1. The van der Waals surface area contributed by atoms with E-state index in [1.165, 1.54) is 5.56 Å². The summed E-state index contributed by atoms with van der Waals surface area (Å²) in [5, 5.41) is 10.6. The maximum absolute atomic E-state index is 13.5. The molecule has 0 radical (unpaired) electrons. The normalized spacial score (nSPS) is 12.1. The van der Waals surface area contributed by atoms with Gasteiger partial charge in [-0.15, -0.1) is 16.8 Å². The van der Waals surface area contributed by atoms with E-state index in [0.29, 0.717) is 28.8 Å². The number of rotatable bonds is 11. The number of hydrogen-bond donors (Lipinski definition) is 1. The molecule has 1 N–H and O–H groups in total. The fourth-order valence-electron chi connectivity index (χ4n) is 3.80. The Morgan fingerprint density at radius 1 is 1.12 bits per heavy atom. The van der Waals surface area contributed by atoms with Crippen molar-refractivity contribution in [2.75, 3.05) is 5.32 Å². The third-order valence-electron chi connectivity index (χ3n) is 5.92. The molecule has 11 heteroatoms. The van der Waals surface area contributed by atoms with Crippen LogP contribution >= 0.6 is 23.4 Å². The number of hydrogen-bond acceptors (Lipinski definition) is 5. The molecule has 4 aromatic rings. The molecule has 0 bridgehead atoms. The molecule has 0 aliphatic rings. The van der Waals surface area contributed by atoms with E-state index in [9.17, 15) is 18.0 Å². The van der Waals surface area contributed by atoms with E-state index in [-0.39, 0.29) is 17.3 Å². The van der Waals surface area contributed by atoms with Crippen molar-refractivity contribution in [3.63, 3.8) is 0 Å². The highest BCUT2D eigenvalue weighted by atomic mass is 35.5. The summed E-state index contributed by atoms with van der Waals surface area (Å²) in [6, 6.07) is 19.4. The van der Waals surface area contributed by atoms with Gasteiger partial charge in [-0.1, -0.05) is 78.8 Å². The number of nitrogens with one attached hydrogen (secondary N) is 1. The number of allylic oxidation sites excluding steroid dienone is 1. The average molecular weight is 587 g/mol. The SMILES string of the molecule is C=CCn1c(COc2ccc(CC)cc2)nnc1S[C@H](C(=O)Nc1cc(C(F)(F)F)ccc1Cl)c1ccccc1. The minimum Gasteiger partial charge on any atom is -0.486 e.